The van der Waals surface area contributed by atoms with E-state index in [9.17, 15) is 13.2 Å². The van der Waals surface area contributed by atoms with E-state index in [1.165, 1.54) is 23.6 Å². The number of nitrogens with zero attached hydrogens (tertiary/aromatic N) is 3. The second-order valence-electron chi connectivity index (χ2n) is 7.19. The molecule has 156 valence electrons. The van der Waals surface area contributed by atoms with Crippen LogP contribution in [0, 0.1) is 0 Å². The van der Waals surface area contributed by atoms with Crippen molar-refractivity contribution in [1.82, 2.24) is 19.8 Å². The Hall–Kier alpha value is -3.94. The molecule has 0 bridgehead atoms. The van der Waals surface area contributed by atoms with Gasteiger partial charge in [-0.2, -0.15) is 13.2 Å². The monoisotopic (exact) mass is 422 g/mol. The molecule has 1 aromatic carbocycles. The van der Waals surface area contributed by atoms with Gasteiger partial charge in [-0.3, -0.25) is 0 Å². The Morgan fingerprint density at radius 3 is 2.61 bits per heavy atom. The Bertz CT molecular complexity index is 1220. The second kappa shape index (κ2) is 7.39. The fraction of sp³-hybridized carbons (Fsp3) is 0.0870. The molecule has 0 saturated carbocycles. The molecule has 0 amide bonds. The second-order valence-corrected chi connectivity index (χ2v) is 7.19. The Morgan fingerprint density at radius 1 is 1.03 bits per heavy atom. The summed E-state index contributed by atoms with van der Waals surface area (Å²) in [5.41, 5.74) is 2.88. The summed E-state index contributed by atoms with van der Waals surface area (Å²) in [5.74, 6) is 0. The Balaban J connectivity index is 1.42. The molecule has 2 aliphatic heterocycles. The third-order valence-corrected chi connectivity index (χ3v) is 5.04. The first-order chi connectivity index (χ1) is 15.0. The zero-order chi connectivity index (χ0) is 21.4. The third-order valence-electron chi connectivity index (χ3n) is 5.04. The van der Waals surface area contributed by atoms with Gasteiger partial charge in [0.25, 0.3) is 0 Å². The predicted octanol–water partition coefficient (Wildman–Crippen LogP) is 5.27. The van der Waals surface area contributed by atoms with Crippen LogP contribution in [-0.4, -0.2) is 20.6 Å². The molecular formula is C23H17F3N4O. The van der Waals surface area contributed by atoms with Gasteiger partial charge < -0.3 is 19.2 Å². The van der Waals surface area contributed by atoms with E-state index < -0.39 is 11.7 Å². The highest BCUT2D eigenvalue weighted by Gasteiger charge is 2.40. The number of furan rings is 1. The van der Waals surface area contributed by atoms with E-state index in [0.717, 1.165) is 23.0 Å². The summed E-state index contributed by atoms with van der Waals surface area (Å²) >= 11 is 0. The van der Waals surface area contributed by atoms with Gasteiger partial charge in [-0.05, 0) is 12.1 Å². The van der Waals surface area contributed by atoms with Gasteiger partial charge in [0.15, 0.2) is 0 Å². The number of fused-ring (bicyclic) bond motifs is 1. The number of hydrogen-bond donors (Lipinski definition) is 1. The van der Waals surface area contributed by atoms with Crippen molar-refractivity contribution < 1.29 is 17.6 Å². The van der Waals surface area contributed by atoms with E-state index in [1.54, 1.807) is 24.8 Å². The minimum Gasteiger partial charge on any atom is -0.472 e. The molecule has 0 saturated heterocycles. The average molecular weight is 422 g/mol. The van der Waals surface area contributed by atoms with Crippen LogP contribution in [0.5, 0.6) is 0 Å². The molecule has 5 rings (SSSR count). The Labute approximate surface area is 176 Å². The molecule has 0 fully saturated rings. The number of rotatable bonds is 4. The van der Waals surface area contributed by atoms with Crippen LogP contribution in [-0.2, 0) is 6.54 Å². The highest BCUT2D eigenvalue weighted by atomic mass is 19.4. The minimum absolute atomic E-state index is 0.0408. The maximum atomic E-state index is 13.7. The number of alkyl halides is 3. The maximum absolute atomic E-state index is 13.7. The van der Waals surface area contributed by atoms with Gasteiger partial charge in [0.05, 0.1) is 48.1 Å². The van der Waals surface area contributed by atoms with Gasteiger partial charge in [-0.1, -0.05) is 30.3 Å². The normalized spacial score (nSPS) is 16.0. The topological polar surface area (TPSA) is 46.2 Å². The van der Waals surface area contributed by atoms with E-state index in [0.29, 0.717) is 17.7 Å². The van der Waals surface area contributed by atoms with Gasteiger partial charge in [0.2, 0.25) is 0 Å². The van der Waals surface area contributed by atoms with E-state index in [-0.39, 0.29) is 5.70 Å². The summed E-state index contributed by atoms with van der Waals surface area (Å²) in [5, 5.41) is 2.99. The van der Waals surface area contributed by atoms with Crippen LogP contribution in [0.2, 0.25) is 0 Å². The van der Waals surface area contributed by atoms with Crippen molar-refractivity contribution in [3.8, 4) is 11.3 Å². The molecule has 0 aliphatic carbocycles. The van der Waals surface area contributed by atoms with Crippen molar-refractivity contribution in [3.63, 3.8) is 0 Å². The SMILES string of the molecule is FC(F)(F)C1=CC(c2ccoc2)=CN2C=C(Cn3cnc(-c4ccccc4)c3)NC=C12. The molecule has 0 spiro atoms. The molecule has 5 nitrogen and oxygen atoms in total. The van der Waals surface area contributed by atoms with Crippen molar-refractivity contribution in [2.75, 3.05) is 0 Å². The summed E-state index contributed by atoms with van der Waals surface area (Å²) in [6.45, 7) is 0.431. The third kappa shape index (κ3) is 3.79. The van der Waals surface area contributed by atoms with Crippen LogP contribution in [0.25, 0.3) is 16.8 Å². The molecule has 8 heteroatoms. The molecule has 2 aromatic heterocycles. The van der Waals surface area contributed by atoms with Gasteiger partial charge in [-0.15, -0.1) is 0 Å². The lowest BCUT2D eigenvalue weighted by molar-refractivity contribution is -0.0909. The first-order valence-corrected chi connectivity index (χ1v) is 9.54. The molecule has 0 radical (unpaired) electrons. The summed E-state index contributed by atoms with van der Waals surface area (Å²) in [6.07, 6.45) is 7.82. The number of benzene rings is 1. The van der Waals surface area contributed by atoms with Crippen LogP contribution in [0.4, 0.5) is 13.2 Å². The molecule has 1 N–H and O–H groups in total. The predicted molar refractivity (Wildman–Crippen MR) is 110 cm³/mol. The quantitative estimate of drug-likeness (QED) is 0.622. The van der Waals surface area contributed by atoms with Crippen LogP contribution in [0.1, 0.15) is 5.56 Å². The lowest BCUT2D eigenvalue weighted by Crippen LogP contribution is -2.31. The lowest BCUT2D eigenvalue weighted by Gasteiger charge is -2.32. The zero-order valence-electron chi connectivity index (χ0n) is 16.2. The number of halogens is 3. The molecule has 2 aliphatic rings. The largest absolute Gasteiger partial charge is 0.472 e. The van der Waals surface area contributed by atoms with Crippen LogP contribution >= 0.6 is 0 Å². The average Bonchev–Trinajstić information content (AvgIpc) is 3.45. The highest BCUT2D eigenvalue weighted by molar-refractivity contribution is 5.77. The fourth-order valence-electron chi connectivity index (χ4n) is 3.55. The lowest BCUT2D eigenvalue weighted by atomic mass is 9.99. The molecule has 4 heterocycles. The summed E-state index contributed by atoms with van der Waals surface area (Å²) in [7, 11) is 0. The van der Waals surface area contributed by atoms with Gasteiger partial charge in [0.1, 0.15) is 0 Å². The summed E-state index contributed by atoms with van der Waals surface area (Å²) < 4.78 is 48.0. The van der Waals surface area contributed by atoms with Crippen molar-refractivity contribution >= 4 is 5.57 Å². The highest BCUT2D eigenvalue weighted by Crippen LogP contribution is 2.40. The van der Waals surface area contributed by atoms with E-state index in [1.807, 2.05) is 41.1 Å². The first kappa shape index (κ1) is 19.0. The Kier molecular flexibility index (Phi) is 4.54. The van der Waals surface area contributed by atoms with Crippen molar-refractivity contribution in [3.05, 3.63) is 109 Å². The van der Waals surface area contributed by atoms with Crippen molar-refractivity contribution in [2.45, 2.75) is 12.7 Å². The number of allylic oxidation sites excluding steroid dienone is 4. The number of imidazole rings is 1. The van der Waals surface area contributed by atoms with E-state index in [4.69, 9.17) is 4.42 Å². The maximum Gasteiger partial charge on any atom is 0.418 e. The smallest absolute Gasteiger partial charge is 0.418 e. The van der Waals surface area contributed by atoms with Crippen LogP contribution < -0.4 is 5.32 Å². The van der Waals surface area contributed by atoms with Gasteiger partial charge in [-0.25, -0.2) is 4.98 Å². The van der Waals surface area contributed by atoms with Gasteiger partial charge in [0, 0.05) is 41.5 Å². The molecule has 3 aromatic rings. The van der Waals surface area contributed by atoms with E-state index in [2.05, 4.69) is 10.3 Å². The first-order valence-electron chi connectivity index (χ1n) is 9.54. The van der Waals surface area contributed by atoms with Crippen LogP contribution in [0.3, 0.4) is 0 Å². The minimum atomic E-state index is -4.49. The number of nitrogens with one attached hydrogen (secondary N) is 1. The van der Waals surface area contributed by atoms with Crippen molar-refractivity contribution in [2.24, 2.45) is 0 Å². The fourth-order valence-corrected chi connectivity index (χ4v) is 3.55. The standard InChI is InChI=1S/C23H17F3N4O/c24-23(25,26)20-8-18(17-6-7-31-14-17)10-30-12-19(27-9-22(20)30)11-29-13-21(28-15-29)16-4-2-1-3-5-16/h1-10,12-15,27H,11H2. The summed E-state index contributed by atoms with van der Waals surface area (Å²) in [4.78, 5) is 5.91. The molecule has 0 unspecified atom stereocenters. The molecular weight excluding hydrogens is 405 g/mol. The van der Waals surface area contributed by atoms with Gasteiger partial charge >= 0.3 is 6.18 Å². The number of aromatic nitrogens is 2. The molecule has 31 heavy (non-hydrogen) atoms. The zero-order valence-corrected chi connectivity index (χ0v) is 16.2. The summed E-state index contributed by atoms with van der Waals surface area (Å²) in [6, 6.07) is 11.4. The van der Waals surface area contributed by atoms with Crippen molar-refractivity contribution in [1.29, 1.82) is 0 Å². The number of hydrogen-bond acceptors (Lipinski definition) is 4. The van der Waals surface area contributed by atoms with E-state index >= 15 is 0 Å². The molecule has 0 atom stereocenters. The van der Waals surface area contributed by atoms with Crippen LogP contribution in [0.15, 0.2) is 108 Å². The Morgan fingerprint density at radius 2 is 1.87 bits per heavy atom.